The number of carbonyl (C=O) groups is 1. The first-order chi connectivity index (χ1) is 14.5. The molecule has 2 aliphatic heterocycles. The first-order valence-corrected chi connectivity index (χ1v) is 10.3. The number of hydrogen-bond donors (Lipinski definition) is 1. The summed E-state index contributed by atoms with van der Waals surface area (Å²) in [6.45, 7) is 1.49. The van der Waals surface area contributed by atoms with Gasteiger partial charge in [0.05, 0.1) is 26.0 Å². The lowest BCUT2D eigenvalue weighted by Gasteiger charge is -2.32. The number of halogens is 1. The standard InChI is InChI=1S/C23H24FNO5/c1-28-20-8-6-16(24)12-17(20)21(26)15-5-7-19-18(11-15)23(29-9-2-10-30-23)22(27)25(19)13-14-3-4-14/h5-8,11-12,14,21,26H,2-4,9-10,13H2,1H3. The molecule has 5 rings (SSSR count). The first kappa shape index (κ1) is 19.5. The predicted molar refractivity (Wildman–Crippen MR) is 107 cm³/mol. The third-order valence-electron chi connectivity index (χ3n) is 6.03. The molecule has 6 nitrogen and oxygen atoms in total. The maximum absolute atomic E-state index is 13.8. The van der Waals surface area contributed by atoms with Crippen molar-refractivity contribution in [1.82, 2.24) is 0 Å². The van der Waals surface area contributed by atoms with Crippen LogP contribution < -0.4 is 9.64 Å². The number of anilines is 1. The van der Waals surface area contributed by atoms with Crippen molar-refractivity contribution in [2.45, 2.75) is 31.2 Å². The van der Waals surface area contributed by atoms with Gasteiger partial charge in [0.2, 0.25) is 0 Å². The van der Waals surface area contributed by atoms with Crippen LogP contribution in [0.2, 0.25) is 0 Å². The Bertz CT molecular complexity index is 984. The zero-order valence-electron chi connectivity index (χ0n) is 16.8. The number of nitrogens with zero attached hydrogens (tertiary/aromatic N) is 1. The Kier molecular flexibility index (Phi) is 4.76. The fourth-order valence-corrected chi connectivity index (χ4v) is 4.27. The Morgan fingerprint density at radius 3 is 2.70 bits per heavy atom. The van der Waals surface area contributed by atoms with Crippen LogP contribution in [0.3, 0.4) is 0 Å². The molecular formula is C23H24FNO5. The van der Waals surface area contributed by atoms with E-state index in [1.807, 2.05) is 6.07 Å². The predicted octanol–water partition coefficient (Wildman–Crippen LogP) is 3.26. The van der Waals surface area contributed by atoms with E-state index in [4.69, 9.17) is 14.2 Å². The Labute approximate surface area is 174 Å². The molecule has 2 aromatic rings. The Balaban J connectivity index is 1.57. The van der Waals surface area contributed by atoms with E-state index in [0.29, 0.717) is 48.1 Å². The van der Waals surface area contributed by atoms with Crippen LogP contribution in [-0.2, 0) is 20.1 Å². The van der Waals surface area contributed by atoms with Crippen molar-refractivity contribution in [2.24, 2.45) is 5.92 Å². The monoisotopic (exact) mass is 413 g/mol. The van der Waals surface area contributed by atoms with Crippen molar-refractivity contribution >= 4 is 11.6 Å². The zero-order valence-corrected chi connectivity index (χ0v) is 16.8. The number of aliphatic hydroxyl groups excluding tert-OH is 1. The smallest absolute Gasteiger partial charge is 0.292 e. The van der Waals surface area contributed by atoms with Crippen molar-refractivity contribution in [3.05, 3.63) is 58.9 Å². The van der Waals surface area contributed by atoms with Gasteiger partial charge in [-0.1, -0.05) is 6.07 Å². The molecule has 1 N–H and O–H groups in total. The molecule has 2 fully saturated rings. The lowest BCUT2D eigenvalue weighted by molar-refractivity contribution is -0.256. The largest absolute Gasteiger partial charge is 0.496 e. The molecule has 3 aliphatic rings. The summed E-state index contributed by atoms with van der Waals surface area (Å²) in [5.74, 6) is -1.26. The van der Waals surface area contributed by atoms with Gasteiger partial charge < -0.3 is 24.2 Å². The lowest BCUT2D eigenvalue weighted by atomic mass is 9.96. The summed E-state index contributed by atoms with van der Waals surface area (Å²) in [4.78, 5) is 15.1. The summed E-state index contributed by atoms with van der Waals surface area (Å²) in [6, 6.07) is 9.33. The number of benzene rings is 2. The molecule has 158 valence electrons. The van der Waals surface area contributed by atoms with Crippen LogP contribution in [-0.4, -0.2) is 37.9 Å². The van der Waals surface area contributed by atoms with E-state index in [2.05, 4.69) is 0 Å². The highest BCUT2D eigenvalue weighted by Gasteiger charge is 2.55. The van der Waals surface area contributed by atoms with Crippen LogP contribution in [0.15, 0.2) is 36.4 Å². The number of methoxy groups -OCH3 is 1. The molecule has 1 spiro atoms. The molecule has 1 aliphatic carbocycles. The Morgan fingerprint density at radius 1 is 1.23 bits per heavy atom. The highest BCUT2D eigenvalue weighted by molar-refractivity contribution is 6.06. The molecule has 0 bridgehead atoms. The minimum Gasteiger partial charge on any atom is -0.496 e. The molecule has 1 amide bonds. The van der Waals surface area contributed by atoms with Crippen molar-refractivity contribution < 1.29 is 28.5 Å². The number of ether oxygens (including phenoxy) is 3. The van der Waals surface area contributed by atoms with Gasteiger partial charge in [0.15, 0.2) is 0 Å². The third kappa shape index (κ3) is 3.09. The van der Waals surface area contributed by atoms with Gasteiger partial charge >= 0.3 is 0 Å². The molecule has 1 saturated heterocycles. The molecule has 30 heavy (non-hydrogen) atoms. The van der Waals surface area contributed by atoms with Gasteiger partial charge in [-0.2, -0.15) is 0 Å². The topological polar surface area (TPSA) is 68.2 Å². The average Bonchev–Trinajstić information content (AvgIpc) is 3.57. The second kappa shape index (κ2) is 7.34. The van der Waals surface area contributed by atoms with E-state index in [1.54, 1.807) is 17.0 Å². The van der Waals surface area contributed by atoms with Gasteiger partial charge in [0.1, 0.15) is 17.7 Å². The molecule has 1 atom stereocenters. The summed E-state index contributed by atoms with van der Waals surface area (Å²) in [5, 5.41) is 11.0. The van der Waals surface area contributed by atoms with E-state index < -0.39 is 17.7 Å². The molecule has 1 saturated carbocycles. The minimum absolute atomic E-state index is 0.209. The number of amides is 1. The molecule has 7 heteroatoms. The molecular weight excluding hydrogens is 389 g/mol. The van der Waals surface area contributed by atoms with Gasteiger partial charge in [-0.3, -0.25) is 4.79 Å². The fraction of sp³-hybridized carbons (Fsp3) is 0.435. The number of rotatable bonds is 5. The number of fused-ring (bicyclic) bond motifs is 2. The highest BCUT2D eigenvalue weighted by atomic mass is 19.1. The summed E-state index contributed by atoms with van der Waals surface area (Å²) < 4.78 is 31.0. The molecule has 2 aromatic carbocycles. The van der Waals surface area contributed by atoms with Crippen LogP contribution in [0.25, 0.3) is 0 Å². The van der Waals surface area contributed by atoms with Crippen LogP contribution in [0.1, 0.15) is 42.1 Å². The first-order valence-electron chi connectivity index (χ1n) is 10.3. The summed E-state index contributed by atoms with van der Waals surface area (Å²) in [6.07, 6.45) is 1.82. The van der Waals surface area contributed by atoms with E-state index in [0.717, 1.165) is 24.9 Å². The Hall–Kier alpha value is -2.48. The van der Waals surface area contributed by atoms with Crippen LogP contribution >= 0.6 is 0 Å². The van der Waals surface area contributed by atoms with Crippen molar-refractivity contribution in [3.63, 3.8) is 0 Å². The van der Waals surface area contributed by atoms with Crippen LogP contribution in [0, 0.1) is 11.7 Å². The van der Waals surface area contributed by atoms with Crippen molar-refractivity contribution in [3.8, 4) is 5.75 Å². The van der Waals surface area contributed by atoms with Crippen molar-refractivity contribution in [1.29, 1.82) is 0 Å². The van der Waals surface area contributed by atoms with Gasteiger partial charge in [0.25, 0.3) is 11.7 Å². The van der Waals surface area contributed by atoms with Gasteiger partial charge in [0, 0.05) is 17.7 Å². The molecule has 0 radical (unpaired) electrons. The summed E-state index contributed by atoms with van der Waals surface area (Å²) in [7, 11) is 1.47. The summed E-state index contributed by atoms with van der Waals surface area (Å²) in [5.41, 5.74) is 2.17. The molecule has 2 heterocycles. The van der Waals surface area contributed by atoms with Crippen molar-refractivity contribution in [2.75, 3.05) is 31.8 Å². The summed E-state index contributed by atoms with van der Waals surface area (Å²) >= 11 is 0. The second-order valence-corrected chi connectivity index (χ2v) is 8.09. The highest BCUT2D eigenvalue weighted by Crippen LogP contribution is 2.48. The van der Waals surface area contributed by atoms with E-state index in [-0.39, 0.29) is 5.91 Å². The number of hydrogen-bond acceptors (Lipinski definition) is 5. The second-order valence-electron chi connectivity index (χ2n) is 8.09. The fourth-order valence-electron chi connectivity index (χ4n) is 4.27. The van der Waals surface area contributed by atoms with Crippen LogP contribution in [0.4, 0.5) is 10.1 Å². The molecule has 1 unspecified atom stereocenters. The van der Waals surface area contributed by atoms with Gasteiger partial charge in [-0.15, -0.1) is 0 Å². The third-order valence-corrected chi connectivity index (χ3v) is 6.03. The van der Waals surface area contributed by atoms with Gasteiger partial charge in [-0.05, 0) is 61.1 Å². The zero-order chi connectivity index (χ0) is 20.9. The Morgan fingerprint density at radius 2 is 2.00 bits per heavy atom. The van der Waals surface area contributed by atoms with Gasteiger partial charge in [-0.25, -0.2) is 4.39 Å². The lowest BCUT2D eigenvalue weighted by Crippen LogP contribution is -2.47. The number of carbonyl (C=O) groups excluding carboxylic acids is 1. The maximum atomic E-state index is 13.8. The van der Waals surface area contributed by atoms with E-state index in [9.17, 15) is 14.3 Å². The SMILES string of the molecule is COc1ccc(F)cc1C(O)c1ccc2c(c1)C1(OCCCO1)C(=O)N2CC1CC1. The normalized spacial score (nSPS) is 21.0. The average molecular weight is 413 g/mol. The van der Waals surface area contributed by atoms with Crippen LogP contribution in [0.5, 0.6) is 5.75 Å². The molecule has 0 aromatic heterocycles. The van der Waals surface area contributed by atoms with E-state index >= 15 is 0 Å². The quantitative estimate of drug-likeness (QED) is 0.815. The maximum Gasteiger partial charge on any atom is 0.292 e. The van der Waals surface area contributed by atoms with E-state index in [1.165, 1.54) is 25.3 Å². The minimum atomic E-state index is -1.47. The number of aliphatic hydroxyl groups is 1.